The van der Waals surface area contributed by atoms with Crippen LogP contribution in [0.2, 0.25) is 0 Å². The van der Waals surface area contributed by atoms with Crippen molar-refractivity contribution in [3.05, 3.63) is 23.8 Å². The number of hydrogen-bond donors (Lipinski definition) is 4. The molecule has 3 fully saturated rings. The lowest BCUT2D eigenvalue weighted by molar-refractivity contribution is -0.179. The van der Waals surface area contributed by atoms with Crippen LogP contribution in [0.25, 0.3) is 0 Å². The number of fused-ring (bicyclic) bond motifs is 5. The van der Waals surface area contributed by atoms with E-state index in [0.29, 0.717) is 25.7 Å². The fourth-order valence-corrected chi connectivity index (χ4v) is 8.11. The smallest absolute Gasteiger partial charge is 0.303 e. The molecular weight excluding hydrogens is 472 g/mol. The van der Waals surface area contributed by atoms with Gasteiger partial charge in [-0.25, -0.2) is 0 Å². The molecule has 7 nitrogen and oxygen atoms in total. The van der Waals surface area contributed by atoms with E-state index < -0.39 is 45.8 Å². The van der Waals surface area contributed by atoms with E-state index in [-0.39, 0.29) is 30.0 Å². The molecule has 0 aromatic carbocycles. The van der Waals surface area contributed by atoms with Crippen molar-refractivity contribution in [1.29, 1.82) is 0 Å². The SMILES string of the molecule is CCCCC(=O)O.C[C@H]1C[C@H]2[C@@H]3CCC4=CC(=O)C=C[C@]4(C)[C@@]3(Cl)[C@@H](O)C[C@]2(C)[C@@]1(O)C(=O)CO. The van der Waals surface area contributed by atoms with E-state index in [1.165, 1.54) is 6.08 Å². The van der Waals surface area contributed by atoms with Crippen LogP contribution in [0.4, 0.5) is 0 Å². The zero-order valence-electron chi connectivity index (χ0n) is 21.1. The van der Waals surface area contributed by atoms with Crippen LogP contribution in [-0.2, 0) is 14.4 Å². The lowest BCUT2D eigenvalue weighted by Gasteiger charge is -2.63. The van der Waals surface area contributed by atoms with Crippen molar-refractivity contribution in [2.75, 3.05) is 6.61 Å². The van der Waals surface area contributed by atoms with Crippen LogP contribution < -0.4 is 0 Å². The fraction of sp³-hybridized carbons (Fsp3) is 0.741. The predicted molar refractivity (Wildman–Crippen MR) is 132 cm³/mol. The molecule has 0 aliphatic heterocycles. The van der Waals surface area contributed by atoms with Crippen molar-refractivity contribution < 1.29 is 34.8 Å². The van der Waals surface area contributed by atoms with Gasteiger partial charge in [-0.15, -0.1) is 11.6 Å². The minimum absolute atomic E-state index is 0.0567. The summed E-state index contributed by atoms with van der Waals surface area (Å²) in [6.45, 7) is 6.95. The number of halogens is 1. The average molecular weight is 511 g/mol. The highest BCUT2D eigenvalue weighted by Crippen LogP contribution is 2.71. The molecule has 4 aliphatic rings. The molecule has 8 heteroatoms. The molecule has 4 aliphatic carbocycles. The lowest BCUT2D eigenvalue weighted by Crippen LogP contribution is -2.69. The van der Waals surface area contributed by atoms with Gasteiger partial charge in [-0.05, 0) is 62.0 Å². The highest BCUT2D eigenvalue weighted by molar-refractivity contribution is 6.26. The summed E-state index contributed by atoms with van der Waals surface area (Å²) in [5.74, 6) is -1.84. The number of carbonyl (C=O) groups is 3. The Morgan fingerprint density at radius 1 is 1.23 bits per heavy atom. The first-order valence-electron chi connectivity index (χ1n) is 12.6. The van der Waals surface area contributed by atoms with Crippen LogP contribution in [0, 0.1) is 28.6 Å². The number of allylic oxidation sites excluding steroid dienone is 4. The maximum Gasteiger partial charge on any atom is 0.303 e. The van der Waals surface area contributed by atoms with E-state index in [4.69, 9.17) is 16.7 Å². The molecule has 0 heterocycles. The number of Topliss-reactive ketones (excluding diaryl/α,β-unsaturated/α-hetero) is 1. The molecule has 0 aromatic heterocycles. The number of hydrogen-bond acceptors (Lipinski definition) is 6. The molecule has 0 bridgehead atoms. The number of aliphatic carboxylic acids is 1. The quantitative estimate of drug-likeness (QED) is 0.416. The van der Waals surface area contributed by atoms with Crippen molar-refractivity contribution >= 4 is 29.1 Å². The normalized spacial score (nSPS) is 43.8. The molecule has 0 amide bonds. The highest BCUT2D eigenvalue weighted by Gasteiger charge is 2.74. The Labute approximate surface area is 212 Å². The number of ketones is 2. The number of alkyl halides is 1. The van der Waals surface area contributed by atoms with Gasteiger partial charge in [0, 0.05) is 17.3 Å². The monoisotopic (exact) mass is 510 g/mol. The maximum absolute atomic E-state index is 12.6. The van der Waals surface area contributed by atoms with Crippen molar-refractivity contribution in [1.82, 2.24) is 0 Å². The number of aliphatic hydroxyl groups is 3. The average Bonchev–Trinajstić information content (AvgIpc) is 3.00. The Bertz CT molecular complexity index is 944. The van der Waals surface area contributed by atoms with E-state index in [1.54, 1.807) is 6.08 Å². The van der Waals surface area contributed by atoms with Gasteiger partial charge in [0.15, 0.2) is 11.6 Å². The standard InChI is InChI=1S/C22H29ClO5.C5H10O2/c1-12-8-16-15-5-4-13-9-14(25)6-7-19(13,2)21(15,23)17(26)10-20(16,3)22(12,28)18(27)11-24;1-2-3-4-5(6)7/h6-7,9,12,15-17,24,26,28H,4-5,8,10-11H2,1-3H3;2-4H2,1H3,(H,6,7)/t12-,15-,16-,17-,19-,20-,21-,22-;/m0./s1. The Morgan fingerprint density at radius 2 is 1.89 bits per heavy atom. The third-order valence-electron chi connectivity index (χ3n) is 9.54. The fourth-order valence-electron chi connectivity index (χ4n) is 7.59. The molecule has 4 rings (SSSR count). The number of unbranched alkanes of at least 4 members (excludes halogenated alkanes) is 1. The van der Waals surface area contributed by atoms with Crippen LogP contribution in [0.5, 0.6) is 0 Å². The first-order valence-corrected chi connectivity index (χ1v) is 13.0. The molecule has 196 valence electrons. The van der Waals surface area contributed by atoms with Gasteiger partial charge in [0.25, 0.3) is 0 Å². The molecule has 3 saturated carbocycles. The second-order valence-corrected chi connectivity index (χ2v) is 11.9. The van der Waals surface area contributed by atoms with Crippen molar-refractivity contribution in [2.45, 2.75) is 89.2 Å². The molecule has 0 saturated heterocycles. The van der Waals surface area contributed by atoms with E-state index in [9.17, 15) is 29.7 Å². The Kier molecular flexibility index (Phi) is 7.79. The topological polar surface area (TPSA) is 132 Å². The van der Waals surface area contributed by atoms with E-state index in [2.05, 4.69) is 0 Å². The number of aliphatic hydroxyl groups excluding tert-OH is 2. The molecular formula is C27H39ClO7. The van der Waals surface area contributed by atoms with Crippen LogP contribution >= 0.6 is 11.6 Å². The second-order valence-electron chi connectivity index (χ2n) is 11.2. The molecule has 0 radical (unpaired) electrons. The number of carboxylic acid groups (broad SMARTS) is 1. The highest BCUT2D eigenvalue weighted by atomic mass is 35.5. The zero-order chi connectivity index (χ0) is 26.4. The van der Waals surface area contributed by atoms with Gasteiger partial charge in [0.1, 0.15) is 12.2 Å². The van der Waals surface area contributed by atoms with Crippen LogP contribution in [0.15, 0.2) is 23.8 Å². The third-order valence-corrected chi connectivity index (χ3v) is 10.5. The Hall–Kier alpha value is -1.54. The molecule has 35 heavy (non-hydrogen) atoms. The minimum Gasteiger partial charge on any atom is -0.481 e. The molecule has 0 aromatic rings. The van der Waals surface area contributed by atoms with Crippen molar-refractivity contribution in [3.8, 4) is 0 Å². The lowest BCUT2D eigenvalue weighted by atomic mass is 9.45. The molecule has 4 N–H and O–H groups in total. The van der Waals surface area contributed by atoms with Gasteiger partial charge in [0.2, 0.25) is 0 Å². The molecule has 0 spiro atoms. The van der Waals surface area contributed by atoms with Gasteiger partial charge in [0.05, 0.1) is 11.0 Å². The van der Waals surface area contributed by atoms with E-state index in [0.717, 1.165) is 18.4 Å². The van der Waals surface area contributed by atoms with Crippen LogP contribution in [-0.4, -0.2) is 61.1 Å². The van der Waals surface area contributed by atoms with Crippen LogP contribution in [0.3, 0.4) is 0 Å². The number of carbonyl (C=O) groups excluding carboxylic acids is 2. The predicted octanol–water partition coefficient (Wildman–Crippen LogP) is 3.43. The van der Waals surface area contributed by atoms with Crippen molar-refractivity contribution in [2.24, 2.45) is 28.6 Å². The maximum atomic E-state index is 12.6. The zero-order valence-corrected chi connectivity index (χ0v) is 21.8. The minimum atomic E-state index is -1.68. The molecule has 8 atom stereocenters. The summed E-state index contributed by atoms with van der Waals surface area (Å²) in [4.78, 5) is 33.3. The summed E-state index contributed by atoms with van der Waals surface area (Å²) in [6, 6.07) is 0. The second kappa shape index (κ2) is 9.73. The van der Waals surface area contributed by atoms with Gasteiger partial charge in [-0.1, -0.05) is 45.8 Å². The van der Waals surface area contributed by atoms with E-state index in [1.807, 2.05) is 33.8 Å². The summed E-state index contributed by atoms with van der Waals surface area (Å²) < 4.78 is 0. The number of rotatable bonds is 5. The molecule has 0 unspecified atom stereocenters. The summed E-state index contributed by atoms with van der Waals surface area (Å²) in [5.41, 5.74) is -2.25. The Morgan fingerprint density at radius 3 is 2.43 bits per heavy atom. The summed E-state index contributed by atoms with van der Waals surface area (Å²) >= 11 is 7.30. The largest absolute Gasteiger partial charge is 0.481 e. The van der Waals surface area contributed by atoms with Gasteiger partial charge in [-0.2, -0.15) is 0 Å². The summed E-state index contributed by atoms with van der Waals surface area (Å²) in [7, 11) is 0. The Balaban J connectivity index is 0.000000429. The summed E-state index contributed by atoms with van der Waals surface area (Å²) in [6.07, 6.45) is 8.30. The van der Waals surface area contributed by atoms with E-state index >= 15 is 0 Å². The van der Waals surface area contributed by atoms with Crippen molar-refractivity contribution in [3.63, 3.8) is 0 Å². The third kappa shape index (κ3) is 4.03. The summed E-state index contributed by atoms with van der Waals surface area (Å²) in [5, 5.41) is 40.4. The van der Waals surface area contributed by atoms with Gasteiger partial charge < -0.3 is 20.4 Å². The first-order chi connectivity index (χ1) is 16.2. The van der Waals surface area contributed by atoms with Crippen LogP contribution in [0.1, 0.15) is 72.6 Å². The van der Waals surface area contributed by atoms with Gasteiger partial charge in [-0.3, -0.25) is 14.4 Å². The number of carboxylic acids is 1. The first kappa shape index (κ1) is 28.0. The van der Waals surface area contributed by atoms with Gasteiger partial charge >= 0.3 is 5.97 Å².